The molecule has 7 heteroatoms. The first-order chi connectivity index (χ1) is 14.9. The minimum Gasteiger partial charge on any atom is -0.446 e. The predicted molar refractivity (Wildman–Crippen MR) is 119 cm³/mol. The lowest BCUT2D eigenvalue weighted by molar-refractivity contribution is -0.177. The summed E-state index contributed by atoms with van der Waals surface area (Å²) in [6.07, 6.45) is 5.37. The number of nitrogens with zero attached hydrogens (tertiary/aromatic N) is 2. The number of carbonyl (C=O) groups is 1. The number of anilines is 2. The highest BCUT2D eigenvalue weighted by Gasteiger charge is 2.56. The van der Waals surface area contributed by atoms with E-state index in [4.69, 9.17) is 10.5 Å². The summed E-state index contributed by atoms with van der Waals surface area (Å²) in [6.45, 7) is 1.31. The van der Waals surface area contributed by atoms with E-state index in [1.807, 2.05) is 35.2 Å². The monoisotopic (exact) mass is 422 g/mol. The van der Waals surface area contributed by atoms with E-state index in [-0.39, 0.29) is 18.2 Å². The van der Waals surface area contributed by atoms with Gasteiger partial charge in [-0.05, 0) is 86.6 Å². The molecule has 31 heavy (non-hydrogen) atoms. The van der Waals surface area contributed by atoms with Gasteiger partial charge in [0.25, 0.3) is 0 Å². The number of pyridine rings is 1. The van der Waals surface area contributed by atoms with Crippen molar-refractivity contribution in [2.45, 2.75) is 56.3 Å². The molecule has 4 bridgehead atoms. The van der Waals surface area contributed by atoms with Gasteiger partial charge >= 0.3 is 6.09 Å². The van der Waals surface area contributed by atoms with E-state index in [2.05, 4.69) is 10.3 Å². The van der Waals surface area contributed by atoms with E-state index >= 15 is 0 Å². The Morgan fingerprint density at radius 2 is 2.00 bits per heavy atom. The molecule has 4 aliphatic carbocycles. The van der Waals surface area contributed by atoms with Crippen LogP contribution >= 0.6 is 0 Å². The second-order valence-electron chi connectivity index (χ2n) is 10.3. The van der Waals surface area contributed by atoms with Crippen LogP contribution in [0.25, 0.3) is 10.9 Å². The van der Waals surface area contributed by atoms with Gasteiger partial charge in [-0.1, -0.05) is 0 Å². The average Bonchev–Trinajstić information content (AvgIpc) is 3.18. The molecular formula is C24H30N4O3. The number of rotatable bonds is 3. The Kier molecular flexibility index (Phi) is 4.32. The van der Waals surface area contributed by atoms with E-state index < -0.39 is 5.60 Å². The fraction of sp³-hybridized carbons (Fsp3) is 0.583. The lowest BCUT2D eigenvalue weighted by Gasteiger charge is -2.57. The van der Waals surface area contributed by atoms with Crippen molar-refractivity contribution in [3.05, 3.63) is 30.3 Å². The summed E-state index contributed by atoms with van der Waals surface area (Å²) >= 11 is 0. The Balaban J connectivity index is 1.07. The number of likely N-dealkylation sites (tertiary alicyclic amines) is 1. The third-order valence-corrected chi connectivity index (χ3v) is 7.90. The Bertz CT molecular complexity index is 1010. The van der Waals surface area contributed by atoms with Crippen molar-refractivity contribution >= 4 is 28.5 Å². The Morgan fingerprint density at radius 1 is 1.19 bits per heavy atom. The number of nitrogen functional groups attached to an aromatic ring is 1. The summed E-state index contributed by atoms with van der Waals surface area (Å²) in [6, 6.07) is 9.84. The van der Waals surface area contributed by atoms with Crippen LogP contribution in [-0.2, 0) is 4.74 Å². The van der Waals surface area contributed by atoms with Gasteiger partial charge in [-0.25, -0.2) is 9.78 Å². The molecule has 164 valence electrons. The number of hydrogen-bond donors (Lipinski definition) is 3. The standard InChI is InChI=1S/C24H30N4O3/c25-18-2-3-20-15(9-18)1-4-21(27-20)26-19-5-6-28(13-19)23(29)31-22-16-7-14-8-17(22)12-24(30,10-14)11-16/h1-4,9,14,16-17,19,22,30H,5-8,10-13,25H2,(H,26,27)/t14?,16?,17?,19-,22-,24-/m1/s1. The Hall–Kier alpha value is -2.54. The van der Waals surface area contributed by atoms with Gasteiger partial charge in [0.05, 0.1) is 11.1 Å². The maximum Gasteiger partial charge on any atom is 0.410 e. The highest BCUT2D eigenvalue weighted by Crippen LogP contribution is 2.56. The summed E-state index contributed by atoms with van der Waals surface area (Å²) in [5, 5.41) is 15.2. The number of nitrogens with two attached hydrogens (primary N) is 1. The van der Waals surface area contributed by atoms with Crippen LogP contribution in [0.3, 0.4) is 0 Å². The lowest BCUT2D eigenvalue weighted by atomic mass is 9.53. The average molecular weight is 423 g/mol. The van der Waals surface area contributed by atoms with Gasteiger partial charge in [-0.15, -0.1) is 0 Å². The summed E-state index contributed by atoms with van der Waals surface area (Å²) in [5.41, 5.74) is 6.98. The van der Waals surface area contributed by atoms with Crippen LogP contribution in [-0.4, -0.2) is 51.9 Å². The van der Waals surface area contributed by atoms with Gasteiger partial charge in [0.1, 0.15) is 11.9 Å². The molecule has 7 nitrogen and oxygen atoms in total. The summed E-state index contributed by atoms with van der Waals surface area (Å²) in [5.74, 6) is 2.08. The highest BCUT2D eigenvalue weighted by molar-refractivity contribution is 5.83. The molecule has 5 fully saturated rings. The van der Waals surface area contributed by atoms with Crippen LogP contribution in [0.1, 0.15) is 38.5 Å². The number of hydrogen-bond acceptors (Lipinski definition) is 6. The number of ether oxygens (including phenoxy) is 1. The second kappa shape index (κ2) is 6.99. The first-order valence-corrected chi connectivity index (χ1v) is 11.5. The zero-order valence-corrected chi connectivity index (χ0v) is 17.7. The Labute approximate surface area is 182 Å². The summed E-state index contributed by atoms with van der Waals surface area (Å²) < 4.78 is 6.04. The molecule has 1 amide bonds. The predicted octanol–water partition coefficient (Wildman–Crippen LogP) is 3.38. The van der Waals surface area contributed by atoms with Crippen LogP contribution in [0.15, 0.2) is 30.3 Å². The number of fused-ring (bicyclic) bond motifs is 1. The zero-order chi connectivity index (χ0) is 21.2. The van der Waals surface area contributed by atoms with Crippen LogP contribution in [0.5, 0.6) is 0 Å². The van der Waals surface area contributed by atoms with Crippen molar-refractivity contribution in [1.29, 1.82) is 0 Å². The first kappa shape index (κ1) is 19.2. The van der Waals surface area contributed by atoms with Crippen LogP contribution < -0.4 is 11.1 Å². The molecule has 0 radical (unpaired) electrons. The van der Waals surface area contributed by atoms with Crippen molar-refractivity contribution in [3.63, 3.8) is 0 Å². The van der Waals surface area contributed by atoms with Gasteiger partial charge in [0, 0.05) is 30.2 Å². The van der Waals surface area contributed by atoms with Crippen molar-refractivity contribution in [3.8, 4) is 0 Å². The largest absolute Gasteiger partial charge is 0.446 e. The molecule has 1 aliphatic heterocycles. The maximum absolute atomic E-state index is 12.9. The fourth-order valence-corrected chi connectivity index (χ4v) is 6.80. The van der Waals surface area contributed by atoms with Crippen molar-refractivity contribution in [1.82, 2.24) is 9.88 Å². The molecule has 2 heterocycles. The number of amides is 1. The molecule has 4 N–H and O–H groups in total. The zero-order valence-electron chi connectivity index (χ0n) is 17.7. The van der Waals surface area contributed by atoms with Gasteiger partial charge in [0.15, 0.2) is 0 Å². The first-order valence-electron chi connectivity index (χ1n) is 11.5. The SMILES string of the molecule is Nc1ccc2nc(N[C@@H]3CCN(C(=O)O[C@H]4C5CC6CC4C[C@](O)(C6)C5)C3)ccc2c1. The number of aromatic nitrogens is 1. The van der Waals surface area contributed by atoms with E-state index in [0.717, 1.165) is 60.9 Å². The van der Waals surface area contributed by atoms with Crippen molar-refractivity contribution < 1.29 is 14.6 Å². The molecule has 5 aliphatic rings. The number of benzene rings is 1. The van der Waals surface area contributed by atoms with E-state index in [1.165, 1.54) is 0 Å². The van der Waals surface area contributed by atoms with Crippen molar-refractivity contribution in [2.24, 2.45) is 17.8 Å². The molecule has 1 aromatic carbocycles. The minimum atomic E-state index is -0.499. The van der Waals surface area contributed by atoms with Crippen LogP contribution in [0.2, 0.25) is 0 Å². The maximum atomic E-state index is 12.9. The summed E-state index contributed by atoms with van der Waals surface area (Å²) in [7, 11) is 0. The molecular weight excluding hydrogens is 392 g/mol. The van der Waals surface area contributed by atoms with E-state index in [9.17, 15) is 9.90 Å². The molecule has 2 aromatic rings. The molecule has 2 unspecified atom stereocenters. The second-order valence-corrected chi connectivity index (χ2v) is 10.3. The molecule has 1 aromatic heterocycles. The van der Waals surface area contributed by atoms with E-state index in [1.54, 1.807) is 0 Å². The molecule has 3 atom stereocenters. The van der Waals surface area contributed by atoms with Crippen LogP contribution in [0.4, 0.5) is 16.3 Å². The summed E-state index contributed by atoms with van der Waals surface area (Å²) in [4.78, 5) is 19.4. The molecule has 7 rings (SSSR count). The minimum absolute atomic E-state index is 0.0223. The van der Waals surface area contributed by atoms with E-state index in [0.29, 0.717) is 30.8 Å². The topological polar surface area (TPSA) is 101 Å². The molecule has 1 saturated heterocycles. The quantitative estimate of drug-likeness (QED) is 0.656. The molecule has 4 saturated carbocycles. The number of aliphatic hydroxyl groups is 1. The number of carbonyl (C=O) groups excluding carboxylic acids is 1. The van der Waals surface area contributed by atoms with Gasteiger partial charge in [-0.3, -0.25) is 0 Å². The molecule has 0 spiro atoms. The number of nitrogens with one attached hydrogen (secondary N) is 1. The third kappa shape index (κ3) is 3.49. The van der Waals surface area contributed by atoms with Gasteiger partial charge < -0.3 is 25.8 Å². The van der Waals surface area contributed by atoms with Crippen LogP contribution in [0, 0.1) is 17.8 Å². The fourth-order valence-electron chi connectivity index (χ4n) is 6.80. The lowest BCUT2D eigenvalue weighted by Crippen LogP contribution is -2.58. The normalized spacial score (nSPS) is 36.2. The van der Waals surface area contributed by atoms with Gasteiger partial charge in [-0.2, -0.15) is 0 Å². The highest BCUT2D eigenvalue weighted by atomic mass is 16.6. The Morgan fingerprint density at radius 3 is 2.77 bits per heavy atom. The van der Waals surface area contributed by atoms with Gasteiger partial charge in [0.2, 0.25) is 0 Å². The van der Waals surface area contributed by atoms with Crippen molar-refractivity contribution in [2.75, 3.05) is 24.1 Å². The smallest absolute Gasteiger partial charge is 0.410 e. The third-order valence-electron chi connectivity index (χ3n) is 7.90.